The second-order valence-corrected chi connectivity index (χ2v) is 4.25. The molecule has 0 aromatic rings. The lowest BCUT2D eigenvalue weighted by Gasteiger charge is -2.39. The van der Waals surface area contributed by atoms with Crippen molar-refractivity contribution in [2.24, 2.45) is 10.9 Å². The molecule has 1 saturated heterocycles. The van der Waals surface area contributed by atoms with Crippen LogP contribution in [0.25, 0.3) is 0 Å². The number of thioether (sulfide) groups is 1. The van der Waals surface area contributed by atoms with Gasteiger partial charge in [0.05, 0.1) is 6.54 Å². The van der Waals surface area contributed by atoms with Crippen molar-refractivity contribution >= 4 is 16.9 Å². The van der Waals surface area contributed by atoms with Crippen LogP contribution in [0.2, 0.25) is 0 Å². The maximum absolute atomic E-state index is 4.43. The van der Waals surface area contributed by atoms with Crippen LogP contribution >= 0.6 is 11.8 Å². The van der Waals surface area contributed by atoms with Crippen molar-refractivity contribution < 1.29 is 0 Å². The Hall–Kier alpha value is -0.180. The Balaban J connectivity index is 1.81. The molecule has 3 heteroatoms. The quantitative estimate of drug-likeness (QED) is 0.591. The lowest BCUT2D eigenvalue weighted by molar-refractivity contribution is 0.187. The van der Waals surface area contributed by atoms with Gasteiger partial charge in [0.25, 0.3) is 0 Å². The summed E-state index contributed by atoms with van der Waals surface area (Å²) in [4.78, 5) is 6.84. The van der Waals surface area contributed by atoms with E-state index in [2.05, 4.69) is 16.8 Å². The van der Waals surface area contributed by atoms with Crippen molar-refractivity contribution in [3.05, 3.63) is 0 Å². The normalized spacial score (nSPS) is 25.2. The van der Waals surface area contributed by atoms with Crippen LogP contribution in [0.3, 0.4) is 0 Å². The molecule has 11 heavy (non-hydrogen) atoms. The summed E-state index contributed by atoms with van der Waals surface area (Å²) in [6.07, 6.45) is 1.33. The number of rotatable bonds is 1. The molecule has 0 radical (unpaired) electrons. The first-order valence-electron chi connectivity index (χ1n) is 4.32. The van der Waals surface area contributed by atoms with E-state index < -0.39 is 0 Å². The van der Waals surface area contributed by atoms with Crippen molar-refractivity contribution in [1.29, 1.82) is 0 Å². The van der Waals surface area contributed by atoms with Gasteiger partial charge in [-0.2, -0.15) is 0 Å². The van der Waals surface area contributed by atoms with E-state index in [0.717, 1.165) is 12.5 Å². The predicted molar refractivity (Wildman–Crippen MR) is 50.1 cm³/mol. The van der Waals surface area contributed by atoms with Gasteiger partial charge in [-0.25, -0.2) is 0 Å². The number of aliphatic imine (C=N–C) groups is 1. The number of hydrogen-bond acceptors (Lipinski definition) is 3. The standard InChI is InChI=1S/C8H14N2S/c1-2-7-5-10(6-7)8-9-3-4-11-8/h7H,2-6H2,1H3. The van der Waals surface area contributed by atoms with Crippen molar-refractivity contribution in [2.75, 3.05) is 25.4 Å². The zero-order valence-electron chi connectivity index (χ0n) is 6.92. The molecule has 0 aromatic heterocycles. The first-order chi connectivity index (χ1) is 5.40. The molecule has 2 heterocycles. The van der Waals surface area contributed by atoms with E-state index in [1.54, 1.807) is 0 Å². The van der Waals surface area contributed by atoms with Gasteiger partial charge >= 0.3 is 0 Å². The summed E-state index contributed by atoms with van der Waals surface area (Å²) in [6, 6.07) is 0. The summed E-state index contributed by atoms with van der Waals surface area (Å²) in [6.45, 7) is 5.81. The smallest absolute Gasteiger partial charge is 0.159 e. The van der Waals surface area contributed by atoms with E-state index >= 15 is 0 Å². The van der Waals surface area contributed by atoms with Gasteiger partial charge in [0.1, 0.15) is 0 Å². The second kappa shape index (κ2) is 3.05. The maximum Gasteiger partial charge on any atom is 0.159 e. The summed E-state index contributed by atoms with van der Waals surface area (Å²) >= 11 is 1.91. The van der Waals surface area contributed by atoms with Gasteiger partial charge in [-0.05, 0) is 12.3 Å². The van der Waals surface area contributed by atoms with E-state index in [-0.39, 0.29) is 0 Å². The number of likely N-dealkylation sites (tertiary alicyclic amines) is 1. The van der Waals surface area contributed by atoms with Gasteiger partial charge in [-0.15, -0.1) is 0 Å². The third-order valence-corrected chi connectivity index (χ3v) is 3.41. The van der Waals surface area contributed by atoms with Crippen LogP contribution in [-0.2, 0) is 0 Å². The zero-order valence-corrected chi connectivity index (χ0v) is 7.73. The first-order valence-corrected chi connectivity index (χ1v) is 5.31. The minimum Gasteiger partial charge on any atom is -0.351 e. The molecule has 2 aliphatic heterocycles. The van der Waals surface area contributed by atoms with Crippen LogP contribution in [0.15, 0.2) is 4.99 Å². The maximum atomic E-state index is 4.43. The molecule has 2 nitrogen and oxygen atoms in total. The molecule has 1 fully saturated rings. The molecule has 0 unspecified atom stereocenters. The molecule has 0 bridgehead atoms. The molecule has 0 saturated carbocycles. The van der Waals surface area contributed by atoms with Gasteiger partial charge in [0, 0.05) is 18.8 Å². The van der Waals surface area contributed by atoms with Crippen LogP contribution in [0.5, 0.6) is 0 Å². The van der Waals surface area contributed by atoms with E-state index in [9.17, 15) is 0 Å². The average molecular weight is 170 g/mol. The highest BCUT2D eigenvalue weighted by molar-refractivity contribution is 8.14. The molecule has 0 atom stereocenters. The van der Waals surface area contributed by atoms with E-state index in [1.807, 2.05) is 11.8 Å². The van der Waals surface area contributed by atoms with E-state index in [4.69, 9.17) is 0 Å². The minimum atomic E-state index is 0.943. The van der Waals surface area contributed by atoms with Crippen LogP contribution in [0.1, 0.15) is 13.3 Å². The van der Waals surface area contributed by atoms with Gasteiger partial charge in [-0.1, -0.05) is 18.7 Å². The van der Waals surface area contributed by atoms with Gasteiger partial charge < -0.3 is 4.90 Å². The van der Waals surface area contributed by atoms with Crippen LogP contribution in [0, 0.1) is 5.92 Å². The third-order valence-electron chi connectivity index (χ3n) is 2.37. The highest BCUT2D eigenvalue weighted by Crippen LogP contribution is 2.25. The molecular formula is C8H14N2S. The van der Waals surface area contributed by atoms with Crippen molar-refractivity contribution in [1.82, 2.24) is 4.90 Å². The molecule has 0 amide bonds. The highest BCUT2D eigenvalue weighted by atomic mass is 32.2. The van der Waals surface area contributed by atoms with Gasteiger partial charge in [-0.3, -0.25) is 4.99 Å². The summed E-state index contributed by atoms with van der Waals surface area (Å²) < 4.78 is 0. The van der Waals surface area contributed by atoms with Crippen molar-refractivity contribution in [3.63, 3.8) is 0 Å². The topological polar surface area (TPSA) is 15.6 Å². The minimum absolute atomic E-state index is 0.943. The van der Waals surface area contributed by atoms with Gasteiger partial charge in [0.2, 0.25) is 0 Å². The molecule has 62 valence electrons. The Morgan fingerprint density at radius 2 is 2.45 bits per heavy atom. The second-order valence-electron chi connectivity index (χ2n) is 3.19. The lowest BCUT2D eigenvalue weighted by atomic mass is 9.98. The molecule has 0 spiro atoms. The predicted octanol–water partition coefficient (Wildman–Crippen LogP) is 1.43. The Labute approximate surface area is 72.1 Å². The van der Waals surface area contributed by atoms with E-state index in [1.165, 1.54) is 30.4 Å². The van der Waals surface area contributed by atoms with Gasteiger partial charge in [0.15, 0.2) is 5.17 Å². The molecule has 0 aliphatic carbocycles. The Kier molecular flexibility index (Phi) is 2.07. The zero-order chi connectivity index (χ0) is 7.68. The fourth-order valence-electron chi connectivity index (χ4n) is 1.50. The fraction of sp³-hybridized carbons (Fsp3) is 0.875. The Morgan fingerprint density at radius 1 is 1.64 bits per heavy atom. The monoisotopic (exact) mass is 170 g/mol. The third kappa shape index (κ3) is 1.39. The Morgan fingerprint density at radius 3 is 3.00 bits per heavy atom. The average Bonchev–Trinajstić information content (AvgIpc) is 2.37. The first kappa shape index (κ1) is 7.47. The number of nitrogens with zero attached hydrogens (tertiary/aromatic N) is 2. The molecule has 0 N–H and O–H groups in total. The lowest BCUT2D eigenvalue weighted by Crippen LogP contribution is -2.48. The largest absolute Gasteiger partial charge is 0.351 e. The summed E-state index contributed by atoms with van der Waals surface area (Å²) in [5, 5.41) is 1.30. The number of hydrogen-bond donors (Lipinski definition) is 0. The molecule has 2 aliphatic rings. The Bertz CT molecular complexity index is 173. The van der Waals surface area contributed by atoms with Crippen LogP contribution < -0.4 is 0 Å². The summed E-state index contributed by atoms with van der Waals surface area (Å²) in [5.74, 6) is 2.14. The van der Waals surface area contributed by atoms with Crippen LogP contribution in [-0.4, -0.2) is 35.5 Å². The SMILES string of the molecule is CCC1CN(C2=NCCS2)C1. The van der Waals surface area contributed by atoms with Crippen LogP contribution in [0.4, 0.5) is 0 Å². The fourth-order valence-corrected chi connectivity index (χ4v) is 2.38. The van der Waals surface area contributed by atoms with Crippen molar-refractivity contribution in [3.8, 4) is 0 Å². The highest BCUT2D eigenvalue weighted by Gasteiger charge is 2.28. The molecular weight excluding hydrogens is 156 g/mol. The summed E-state index contributed by atoms with van der Waals surface area (Å²) in [5.41, 5.74) is 0. The van der Waals surface area contributed by atoms with Crippen molar-refractivity contribution in [2.45, 2.75) is 13.3 Å². The molecule has 0 aromatic carbocycles. The van der Waals surface area contributed by atoms with E-state index in [0.29, 0.717) is 0 Å². The summed E-state index contributed by atoms with van der Waals surface area (Å²) in [7, 11) is 0. The number of amidine groups is 1. The molecule has 2 rings (SSSR count).